The summed E-state index contributed by atoms with van der Waals surface area (Å²) in [6.07, 6.45) is 3.95. The first kappa shape index (κ1) is 13.6. The van der Waals surface area contributed by atoms with Crippen LogP contribution in [0.25, 0.3) is 0 Å². The summed E-state index contributed by atoms with van der Waals surface area (Å²) < 4.78 is 0. The van der Waals surface area contributed by atoms with Crippen LogP contribution in [0.2, 0.25) is 0 Å². The number of benzene rings is 1. The fourth-order valence-electron chi connectivity index (χ4n) is 2.76. The summed E-state index contributed by atoms with van der Waals surface area (Å²) in [7, 11) is 0. The smallest absolute Gasteiger partial charge is 0.0208 e. The third kappa shape index (κ3) is 4.11. The van der Waals surface area contributed by atoms with Gasteiger partial charge in [0.1, 0.15) is 0 Å². The van der Waals surface area contributed by atoms with Crippen molar-refractivity contribution < 1.29 is 0 Å². The van der Waals surface area contributed by atoms with Gasteiger partial charge in [0.05, 0.1) is 0 Å². The highest BCUT2D eigenvalue weighted by Gasteiger charge is 2.15. The number of aryl methyl sites for hydroxylation is 1. The molecular weight excluding hydrogens is 220 g/mol. The van der Waals surface area contributed by atoms with E-state index >= 15 is 0 Å². The molecule has 1 aromatic carbocycles. The summed E-state index contributed by atoms with van der Waals surface area (Å²) in [5.41, 5.74) is 2.76. The van der Waals surface area contributed by atoms with E-state index in [4.69, 9.17) is 0 Å². The molecule has 1 saturated heterocycles. The number of rotatable bonds is 4. The maximum atomic E-state index is 3.72. The van der Waals surface area contributed by atoms with Crippen LogP contribution in [0.1, 0.15) is 37.3 Å². The van der Waals surface area contributed by atoms with E-state index in [0.29, 0.717) is 6.04 Å². The summed E-state index contributed by atoms with van der Waals surface area (Å²) in [5, 5.41) is 3.72. The molecule has 1 aliphatic rings. The minimum atomic E-state index is 0.696. The van der Waals surface area contributed by atoms with E-state index in [9.17, 15) is 0 Å². The Bertz CT molecular complexity index is 362. The van der Waals surface area contributed by atoms with Crippen molar-refractivity contribution >= 4 is 0 Å². The molecule has 1 aliphatic heterocycles. The van der Waals surface area contributed by atoms with Crippen LogP contribution >= 0.6 is 0 Å². The van der Waals surface area contributed by atoms with E-state index in [2.05, 4.69) is 48.3 Å². The van der Waals surface area contributed by atoms with Gasteiger partial charge in [-0.05, 0) is 51.4 Å². The molecule has 0 aliphatic carbocycles. The molecule has 0 radical (unpaired) electrons. The molecule has 1 atom stereocenters. The van der Waals surface area contributed by atoms with Crippen LogP contribution in [-0.2, 0) is 6.54 Å². The highest BCUT2D eigenvalue weighted by atomic mass is 15.1. The molecule has 1 unspecified atom stereocenters. The number of likely N-dealkylation sites (tertiary alicyclic amines) is 1. The van der Waals surface area contributed by atoms with Crippen molar-refractivity contribution in [3.63, 3.8) is 0 Å². The van der Waals surface area contributed by atoms with Crippen LogP contribution in [0.15, 0.2) is 24.3 Å². The molecule has 0 aromatic heterocycles. The first-order chi connectivity index (χ1) is 8.78. The lowest BCUT2D eigenvalue weighted by atomic mass is 10.1. The van der Waals surface area contributed by atoms with Gasteiger partial charge in [-0.25, -0.2) is 0 Å². The summed E-state index contributed by atoms with van der Waals surface area (Å²) >= 11 is 0. The molecule has 2 rings (SSSR count). The monoisotopic (exact) mass is 246 g/mol. The van der Waals surface area contributed by atoms with E-state index in [1.807, 2.05) is 0 Å². The fourth-order valence-corrected chi connectivity index (χ4v) is 2.76. The SMILES string of the molecule is CCN1CCCC(NCc2cccc(C)c2)CC1. The first-order valence-electron chi connectivity index (χ1n) is 7.29. The Labute approximate surface area is 111 Å². The quantitative estimate of drug-likeness (QED) is 0.878. The normalized spacial score (nSPS) is 21.8. The molecule has 1 heterocycles. The van der Waals surface area contributed by atoms with Gasteiger partial charge in [0, 0.05) is 12.6 Å². The fraction of sp³-hybridized carbons (Fsp3) is 0.625. The Hall–Kier alpha value is -0.860. The minimum Gasteiger partial charge on any atom is -0.310 e. The highest BCUT2D eigenvalue weighted by Crippen LogP contribution is 2.12. The Morgan fingerprint density at radius 3 is 2.94 bits per heavy atom. The molecule has 1 aromatic rings. The maximum absolute atomic E-state index is 3.72. The summed E-state index contributed by atoms with van der Waals surface area (Å²) in [6.45, 7) is 9.17. The molecular formula is C16H26N2. The Balaban J connectivity index is 1.79. The minimum absolute atomic E-state index is 0.696. The van der Waals surface area contributed by atoms with Gasteiger partial charge in [0.15, 0.2) is 0 Å². The van der Waals surface area contributed by atoms with Gasteiger partial charge in [0.25, 0.3) is 0 Å². The number of hydrogen-bond donors (Lipinski definition) is 1. The molecule has 1 N–H and O–H groups in total. The molecule has 0 bridgehead atoms. The van der Waals surface area contributed by atoms with Crippen LogP contribution in [0.5, 0.6) is 0 Å². The lowest BCUT2D eigenvalue weighted by Crippen LogP contribution is -2.30. The van der Waals surface area contributed by atoms with Crippen LogP contribution in [-0.4, -0.2) is 30.6 Å². The van der Waals surface area contributed by atoms with E-state index in [1.54, 1.807) is 0 Å². The Morgan fingerprint density at radius 1 is 1.28 bits per heavy atom. The molecule has 100 valence electrons. The van der Waals surface area contributed by atoms with Crippen LogP contribution < -0.4 is 5.32 Å². The van der Waals surface area contributed by atoms with E-state index in [0.717, 1.165) is 6.54 Å². The lowest BCUT2D eigenvalue weighted by molar-refractivity contribution is 0.297. The molecule has 0 saturated carbocycles. The average molecular weight is 246 g/mol. The van der Waals surface area contributed by atoms with Gasteiger partial charge in [0.2, 0.25) is 0 Å². The standard InChI is InChI=1S/C16H26N2/c1-3-18-10-5-8-16(9-11-18)17-13-15-7-4-6-14(2)12-15/h4,6-7,12,16-17H,3,5,8-11,13H2,1-2H3. The van der Waals surface area contributed by atoms with Gasteiger partial charge in [-0.1, -0.05) is 36.8 Å². The van der Waals surface area contributed by atoms with Crippen molar-refractivity contribution in [2.45, 2.75) is 45.7 Å². The zero-order chi connectivity index (χ0) is 12.8. The third-order valence-electron chi connectivity index (χ3n) is 3.95. The van der Waals surface area contributed by atoms with Crippen LogP contribution in [0.4, 0.5) is 0 Å². The second-order valence-electron chi connectivity index (χ2n) is 5.43. The number of hydrogen-bond acceptors (Lipinski definition) is 2. The van der Waals surface area contributed by atoms with Crippen molar-refractivity contribution in [2.75, 3.05) is 19.6 Å². The summed E-state index contributed by atoms with van der Waals surface area (Å²) in [4.78, 5) is 2.56. The van der Waals surface area contributed by atoms with Crippen LogP contribution in [0, 0.1) is 6.92 Å². The van der Waals surface area contributed by atoms with Crippen molar-refractivity contribution in [1.82, 2.24) is 10.2 Å². The van der Waals surface area contributed by atoms with Crippen LogP contribution in [0.3, 0.4) is 0 Å². The summed E-state index contributed by atoms with van der Waals surface area (Å²) in [5.74, 6) is 0. The van der Waals surface area contributed by atoms with Gasteiger partial charge in [-0.15, -0.1) is 0 Å². The van der Waals surface area contributed by atoms with Gasteiger partial charge in [-0.2, -0.15) is 0 Å². The van der Waals surface area contributed by atoms with Crippen molar-refractivity contribution in [3.8, 4) is 0 Å². The predicted molar refractivity (Wildman–Crippen MR) is 77.8 cm³/mol. The number of nitrogens with one attached hydrogen (secondary N) is 1. The van der Waals surface area contributed by atoms with Crippen molar-refractivity contribution in [1.29, 1.82) is 0 Å². The predicted octanol–water partition coefficient (Wildman–Crippen LogP) is 2.96. The highest BCUT2D eigenvalue weighted by molar-refractivity contribution is 5.22. The van der Waals surface area contributed by atoms with E-state index in [1.165, 1.54) is 50.0 Å². The lowest BCUT2D eigenvalue weighted by Gasteiger charge is -2.18. The molecule has 2 nitrogen and oxygen atoms in total. The second-order valence-corrected chi connectivity index (χ2v) is 5.43. The van der Waals surface area contributed by atoms with Crippen molar-refractivity contribution in [2.24, 2.45) is 0 Å². The van der Waals surface area contributed by atoms with E-state index in [-0.39, 0.29) is 0 Å². The van der Waals surface area contributed by atoms with Gasteiger partial charge < -0.3 is 10.2 Å². The summed E-state index contributed by atoms with van der Waals surface area (Å²) in [6, 6.07) is 9.51. The topological polar surface area (TPSA) is 15.3 Å². The molecule has 0 spiro atoms. The first-order valence-corrected chi connectivity index (χ1v) is 7.29. The van der Waals surface area contributed by atoms with Crippen molar-refractivity contribution in [3.05, 3.63) is 35.4 Å². The average Bonchev–Trinajstić information content (AvgIpc) is 2.61. The molecule has 18 heavy (non-hydrogen) atoms. The number of nitrogens with zero attached hydrogens (tertiary/aromatic N) is 1. The maximum Gasteiger partial charge on any atom is 0.0208 e. The zero-order valence-electron chi connectivity index (χ0n) is 11.8. The Morgan fingerprint density at radius 2 is 2.17 bits per heavy atom. The molecule has 1 fully saturated rings. The zero-order valence-corrected chi connectivity index (χ0v) is 11.8. The molecule has 0 amide bonds. The van der Waals surface area contributed by atoms with E-state index < -0.39 is 0 Å². The van der Waals surface area contributed by atoms with Gasteiger partial charge in [-0.3, -0.25) is 0 Å². The second kappa shape index (κ2) is 6.91. The molecule has 2 heteroatoms. The third-order valence-corrected chi connectivity index (χ3v) is 3.95. The Kier molecular flexibility index (Phi) is 5.21. The largest absolute Gasteiger partial charge is 0.310 e. The van der Waals surface area contributed by atoms with Gasteiger partial charge >= 0.3 is 0 Å².